The van der Waals surface area contributed by atoms with E-state index in [-0.39, 0.29) is 12.4 Å². The Morgan fingerprint density at radius 3 is 2.68 bits per heavy atom. The van der Waals surface area contributed by atoms with Crippen molar-refractivity contribution in [3.8, 4) is 0 Å². The zero-order valence-electron chi connectivity index (χ0n) is 10.9. The molecule has 1 atom stereocenters. The monoisotopic (exact) mass is 258 g/mol. The summed E-state index contributed by atoms with van der Waals surface area (Å²) in [7, 11) is 0. The van der Waals surface area contributed by atoms with Crippen LogP contribution in [0.5, 0.6) is 0 Å². The first-order valence-corrected chi connectivity index (χ1v) is 6.54. The highest BCUT2D eigenvalue weighted by Crippen LogP contribution is 2.39. The highest BCUT2D eigenvalue weighted by atomic mass is 16.5. The van der Waals surface area contributed by atoms with E-state index < -0.39 is 11.4 Å². The number of allylic oxidation sites excluding steroid dienone is 1. The van der Waals surface area contributed by atoms with Crippen LogP contribution in [0.2, 0.25) is 0 Å². The summed E-state index contributed by atoms with van der Waals surface area (Å²) in [6, 6.07) is 9.48. The van der Waals surface area contributed by atoms with Gasteiger partial charge in [0.1, 0.15) is 12.0 Å². The summed E-state index contributed by atoms with van der Waals surface area (Å²) in [4.78, 5) is 24.2. The van der Waals surface area contributed by atoms with E-state index in [9.17, 15) is 9.59 Å². The first-order valence-electron chi connectivity index (χ1n) is 6.54. The van der Waals surface area contributed by atoms with Crippen molar-refractivity contribution in [1.29, 1.82) is 0 Å². The molecule has 3 nitrogen and oxygen atoms in total. The van der Waals surface area contributed by atoms with Crippen LogP contribution in [-0.2, 0) is 20.9 Å². The average Bonchev–Trinajstić information content (AvgIpc) is 2.80. The number of carbonyl (C=O) groups is 2. The van der Waals surface area contributed by atoms with Gasteiger partial charge in [0, 0.05) is 6.42 Å². The number of esters is 1. The third kappa shape index (κ3) is 2.75. The molecule has 1 fully saturated rings. The van der Waals surface area contributed by atoms with Crippen LogP contribution < -0.4 is 0 Å². The van der Waals surface area contributed by atoms with Crippen molar-refractivity contribution >= 4 is 11.8 Å². The minimum Gasteiger partial charge on any atom is -0.460 e. The molecular weight excluding hydrogens is 240 g/mol. The Balaban J connectivity index is 2.05. The van der Waals surface area contributed by atoms with Gasteiger partial charge in [-0.05, 0) is 24.8 Å². The first kappa shape index (κ1) is 13.5. The largest absolute Gasteiger partial charge is 0.460 e. The van der Waals surface area contributed by atoms with E-state index in [0.717, 1.165) is 12.0 Å². The molecule has 0 radical (unpaired) electrons. The van der Waals surface area contributed by atoms with E-state index in [2.05, 4.69) is 6.58 Å². The van der Waals surface area contributed by atoms with Gasteiger partial charge in [-0.1, -0.05) is 36.4 Å². The predicted molar refractivity (Wildman–Crippen MR) is 72.3 cm³/mol. The molecule has 100 valence electrons. The summed E-state index contributed by atoms with van der Waals surface area (Å²) >= 11 is 0. The Labute approximate surface area is 113 Å². The van der Waals surface area contributed by atoms with Crippen LogP contribution in [0.1, 0.15) is 31.2 Å². The van der Waals surface area contributed by atoms with Crippen LogP contribution in [0.3, 0.4) is 0 Å². The number of hydrogen-bond acceptors (Lipinski definition) is 3. The summed E-state index contributed by atoms with van der Waals surface area (Å²) in [6.45, 7) is 3.86. The molecule has 0 aromatic heterocycles. The van der Waals surface area contributed by atoms with Crippen molar-refractivity contribution < 1.29 is 14.3 Å². The molecule has 1 aromatic rings. The van der Waals surface area contributed by atoms with Crippen LogP contribution in [0.25, 0.3) is 0 Å². The number of ketones is 1. The van der Waals surface area contributed by atoms with E-state index in [1.54, 1.807) is 6.08 Å². The molecule has 0 N–H and O–H groups in total. The predicted octanol–water partition coefficient (Wildman–Crippen LogP) is 3.05. The Hall–Kier alpha value is -1.90. The van der Waals surface area contributed by atoms with E-state index >= 15 is 0 Å². The van der Waals surface area contributed by atoms with Gasteiger partial charge in [-0.25, -0.2) is 0 Å². The van der Waals surface area contributed by atoms with Gasteiger partial charge in [-0.3, -0.25) is 9.59 Å². The summed E-state index contributed by atoms with van der Waals surface area (Å²) in [6.07, 6.45) is 3.80. The van der Waals surface area contributed by atoms with Crippen LogP contribution in [0.4, 0.5) is 0 Å². The molecule has 0 bridgehead atoms. The lowest BCUT2D eigenvalue weighted by Gasteiger charge is -2.23. The van der Waals surface area contributed by atoms with Crippen molar-refractivity contribution in [2.45, 2.75) is 32.3 Å². The SMILES string of the molecule is C=CC[C@@]1(C(=O)OCc2ccccc2)CCCC1=O. The minimum atomic E-state index is -0.976. The summed E-state index contributed by atoms with van der Waals surface area (Å²) in [5.41, 5.74) is -0.0497. The molecule has 0 amide bonds. The van der Waals surface area contributed by atoms with Crippen LogP contribution in [0.15, 0.2) is 43.0 Å². The Bertz CT molecular complexity index is 478. The number of Topliss-reactive ketones (excluding diaryl/α,β-unsaturated/α-hetero) is 1. The van der Waals surface area contributed by atoms with Crippen molar-refractivity contribution in [2.75, 3.05) is 0 Å². The molecule has 0 spiro atoms. The molecular formula is C16H18O3. The third-order valence-electron chi connectivity index (χ3n) is 3.64. The Morgan fingerprint density at radius 1 is 1.37 bits per heavy atom. The molecule has 2 rings (SSSR count). The molecule has 1 aliphatic carbocycles. The molecule has 1 aliphatic rings. The van der Waals surface area contributed by atoms with Crippen LogP contribution in [-0.4, -0.2) is 11.8 Å². The molecule has 1 aromatic carbocycles. The van der Waals surface area contributed by atoms with Gasteiger partial charge in [0.15, 0.2) is 5.78 Å². The minimum absolute atomic E-state index is 0.00883. The van der Waals surface area contributed by atoms with Crippen molar-refractivity contribution in [2.24, 2.45) is 5.41 Å². The summed E-state index contributed by atoms with van der Waals surface area (Å²) in [5.74, 6) is -0.413. The lowest BCUT2D eigenvalue weighted by molar-refractivity contribution is -0.160. The lowest BCUT2D eigenvalue weighted by Crippen LogP contribution is -2.36. The molecule has 3 heteroatoms. The molecule has 0 aliphatic heterocycles. The number of benzene rings is 1. The fourth-order valence-electron chi connectivity index (χ4n) is 2.55. The first-order chi connectivity index (χ1) is 9.19. The van der Waals surface area contributed by atoms with E-state index in [1.165, 1.54) is 0 Å². The third-order valence-corrected chi connectivity index (χ3v) is 3.64. The topological polar surface area (TPSA) is 43.4 Å². The maximum atomic E-state index is 12.3. The number of carbonyl (C=O) groups excluding carboxylic acids is 2. The van der Waals surface area contributed by atoms with Gasteiger partial charge < -0.3 is 4.74 Å². The van der Waals surface area contributed by atoms with Gasteiger partial charge >= 0.3 is 5.97 Å². The van der Waals surface area contributed by atoms with Crippen molar-refractivity contribution in [3.05, 3.63) is 48.6 Å². The van der Waals surface area contributed by atoms with Crippen LogP contribution in [0, 0.1) is 5.41 Å². The lowest BCUT2D eigenvalue weighted by atomic mass is 9.82. The van der Waals surface area contributed by atoms with Crippen molar-refractivity contribution in [3.63, 3.8) is 0 Å². The second kappa shape index (κ2) is 5.83. The normalized spacial score (nSPS) is 22.2. The van der Waals surface area contributed by atoms with Gasteiger partial charge in [0.2, 0.25) is 0 Å². The summed E-state index contributed by atoms with van der Waals surface area (Å²) < 4.78 is 5.33. The van der Waals surface area contributed by atoms with Crippen LogP contribution >= 0.6 is 0 Å². The van der Waals surface area contributed by atoms with Crippen molar-refractivity contribution in [1.82, 2.24) is 0 Å². The summed E-state index contributed by atoms with van der Waals surface area (Å²) in [5, 5.41) is 0. The highest BCUT2D eigenvalue weighted by Gasteiger charge is 2.48. The fraction of sp³-hybridized carbons (Fsp3) is 0.375. The zero-order valence-corrected chi connectivity index (χ0v) is 10.9. The Morgan fingerprint density at radius 2 is 2.11 bits per heavy atom. The standard InChI is InChI=1S/C16H18O3/c1-2-10-16(11-6-9-14(16)17)15(18)19-12-13-7-4-3-5-8-13/h2-5,7-8H,1,6,9-12H2/t16-/m1/s1. The smallest absolute Gasteiger partial charge is 0.320 e. The van der Waals surface area contributed by atoms with Gasteiger partial charge in [-0.15, -0.1) is 6.58 Å². The molecule has 1 saturated carbocycles. The van der Waals surface area contributed by atoms with E-state index in [4.69, 9.17) is 4.74 Å². The quantitative estimate of drug-likeness (QED) is 0.463. The van der Waals surface area contributed by atoms with Gasteiger partial charge in [0.05, 0.1) is 0 Å². The zero-order chi connectivity index (χ0) is 13.7. The van der Waals surface area contributed by atoms with E-state index in [1.807, 2.05) is 30.3 Å². The fourth-order valence-corrected chi connectivity index (χ4v) is 2.55. The average molecular weight is 258 g/mol. The maximum Gasteiger partial charge on any atom is 0.320 e. The second-order valence-electron chi connectivity index (χ2n) is 4.91. The van der Waals surface area contributed by atoms with Gasteiger partial charge in [-0.2, -0.15) is 0 Å². The Kier molecular flexibility index (Phi) is 4.15. The second-order valence-corrected chi connectivity index (χ2v) is 4.91. The number of rotatable bonds is 5. The molecule has 0 saturated heterocycles. The molecule has 0 unspecified atom stereocenters. The molecule has 0 heterocycles. The molecule has 19 heavy (non-hydrogen) atoms. The van der Waals surface area contributed by atoms with Gasteiger partial charge in [0.25, 0.3) is 0 Å². The van der Waals surface area contributed by atoms with E-state index in [0.29, 0.717) is 19.3 Å². The maximum absolute atomic E-state index is 12.3. The highest BCUT2D eigenvalue weighted by molar-refractivity contribution is 6.05. The number of hydrogen-bond donors (Lipinski definition) is 0. The number of ether oxygens (including phenoxy) is 1.